The topological polar surface area (TPSA) is 35.5 Å². The largest absolute Gasteiger partial charge is 0.385 e. The summed E-state index contributed by atoms with van der Waals surface area (Å²) in [6.07, 6.45) is 6.29. The third kappa shape index (κ3) is 9.87. The standard InChI is InChI=1S/C13H24O3/c1-12(7-4-5-9-15-2)11-13(14)8-6-10-16-3/h11H,4-10H2,1-3H3/b12-11+. The minimum Gasteiger partial charge on any atom is -0.385 e. The van der Waals surface area contributed by atoms with Crippen LogP contribution < -0.4 is 0 Å². The lowest BCUT2D eigenvalue weighted by molar-refractivity contribution is -0.114. The van der Waals surface area contributed by atoms with Crippen LogP contribution >= 0.6 is 0 Å². The number of carbonyl (C=O) groups excluding carboxylic acids is 1. The van der Waals surface area contributed by atoms with Gasteiger partial charge in [-0.15, -0.1) is 0 Å². The predicted octanol–water partition coefficient (Wildman–Crippen LogP) is 2.75. The number of methoxy groups -OCH3 is 2. The molecule has 0 aliphatic carbocycles. The molecule has 0 aliphatic heterocycles. The number of ether oxygens (including phenoxy) is 2. The van der Waals surface area contributed by atoms with Gasteiger partial charge in [-0.25, -0.2) is 0 Å². The van der Waals surface area contributed by atoms with Crippen molar-refractivity contribution in [1.29, 1.82) is 0 Å². The maximum atomic E-state index is 11.5. The summed E-state index contributed by atoms with van der Waals surface area (Å²) in [4.78, 5) is 11.5. The molecular formula is C13H24O3. The van der Waals surface area contributed by atoms with E-state index in [1.54, 1.807) is 20.3 Å². The Labute approximate surface area is 98.8 Å². The minimum absolute atomic E-state index is 0.210. The molecule has 0 saturated heterocycles. The summed E-state index contributed by atoms with van der Waals surface area (Å²) in [7, 11) is 3.36. The molecule has 0 aromatic heterocycles. The van der Waals surface area contributed by atoms with E-state index in [4.69, 9.17) is 9.47 Å². The van der Waals surface area contributed by atoms with Crippen LogP contribution in [0.1, 0.15) is 39.0 Å². The first-order chi connectivity index (χ1) is 7.70. The summed E-state index contributed by atoms with van der Waals surface area (Å²) in [6, 6.07) is 0. The van der Waals surface area contributed by atoms with Gasteiger partial charge in [0.25, 0.3) is 0 Å². The van der Waals surface area contributed by atoms with E-state index in [1.807, 2.05) is 6.92 Å². The van der Waals surface area contributed by atoms with Crippen LogP contribution in [0, 0.1) is 0 Å². The maximum Gasteiger partial charge on any atom is 0.155 e. The Kier molecular flexibility index (Phi) is 10.4. The fraction of sp³-hybridized carbons (Fsp3) is 0.769. The second-order valence-electron chi connectivity index (χ2n) is 4.00. The van der Waals surface area contributed by atoms with Gasteiger partial charge in [0.1, 0.15) is 0 Å². The fourth-order valence-electron chi connectivity index (χ4n) is 1.46. The molecule has 0 radical (unpaired) electrons. The molecule has 0 rings (SSSR count). The average molecular weight is 228 g/mol. The summed E-state index contributed by atoms with van der Waals surface area (Å²) in [5, 5.41) is 0. The molecule has 16 heavy (non-hydrogen) atoms. The van der Waals surface area contributed by atoms with Crippen LogP contribution in [0.25, 0.3) is 0 Å². The highest BCUT2D eigenvalue weighted by Crippen LogP contribution is 2.07. The molecule has 0 unspecified atom stereocenters. The second kappa shape index (κ2) is 10.8. The van der Waals surface area contributed by atoms with Crippen molar-refractivity contribution in [3.05, 3.63) is 11.6 Å². The van der Waals surface area contributed by atoms with E-state index in [2.05, 4.69) is 0 Å². The highest BCUT2D eigenvalue weighted by atomic mass is 16.5. The Morgan fingerprint density at radius 3 is 2.25 bits per heavy atom. The molecule has 0 fully saturated rings. The lowest BCUT2D eigenvalue weighted by atomic mass is 10.1. The second-order valence-corrected chi connectivity index (χ2v) is 4.00. The van der Waals surface area contributed by atoms with Crippen LogP contribution in [0.2, 0.25) is 0 Å². The molecule has 3 heteroatoms. The van der Waals surface area contributed by atoms with E-state index in [0.717, 1.165) is 32.3 Å². The maximum absolute atomic E-state index is 11.5. The van der Waals surface area contributed by atoms with Crippen molar-refractivity contribution in [1.82, 2.24) is 0 Å². The number of carbonyl (C=O) groups is 1. The van der Waals surface area contributed by atoms with Gasteiger partial charge in [0.2, 0.25) is 0 Å². The molecule has 0 aromatic carbocycles. The van der Waals surface area contributed by atoms with E-state index in [0.29, 0.717) is 13.0 Å². The van der Waals surface area contributed by atoms with Crippen LogP contribution in [-0.4, -0.2) is 33.2 Å². The van der Waals surface area contributed by atoms with Crippen molar-refractivity contribution in [3.8, 4) is 0 Å². The summed E-state index contributed by atoms with van der Waals surface area (Å²) in [5.41, 5.74) is 1.17. The van der Waals surface area contributed by atoms with Gasteiger partial charge in [0.15, 0.2) is 5.78 Å². The first-order valence-corrected chi connectivity index (χ1v) is 5.88. The zero-order valence-corrected chi connectivity index (χ0v) is 10.8. The number of rotatable bonds is 10. The Balaban J connectivity index is 3.62. The zero-order valence-electron chi connectivity index (χ0n) is 10.8. The van der Waals surface area contributed by atoms with Gasteiger partial charge < -0.3 is 9.47 Å². The highest BCUT2D eigenvalue weighted by Gasteiger charge is 1.99. The van der Waals surface area contributed by atoms with Crippen LogP contribution in [0.5, 0.6) is 0 Å². The third-order valence-corrected chi connectivity index (χ3v) is 2.35. The first kappa shape index (κ1) is 15.3. The molecule has 0 bridgehead atoms. The number of allylic oxidation sites excluding steroid dienone is 2. The van der Waals surface area contributed by atoms with E-state index in [1.165, 1.54) is 5.57 Å². The van der Waals surface area contributed by atoms with E-state index < -0.39 is 0 Å². The van der Waals surface area contributed by atoms with Gasteiger partial charge in [0, 0.05) is 33.9 Å². The van der Waals surface area contributed by atoms with Gasteiger partial charge in [-0.2, -0.15) is 0 Å². The lowest BCUT2D eigenvalue weighted by Gasteiger charge is -2.01. The summed E-state index contributed by atoms with van der Waals surface area (Å²) in [6.45, 7) is 3.47. The van der Waals surface area contributed by atoms with Gasteiger partial charge in [-0.3, -0.25) is 4.79 Å². The predicted molar refractivity (Wildman–Crippen MR) is 65.6 cm³/mol. The van der Waals surface area contributed by atoms with Crippen molar-refractivity contribution in [2.75, 3.05) is 27.4 Å². The SMILES string of the molecule is COCCCC/C(C)=C/C(=O)CCCOC. The molecule has 0 saturated carbocycles. The monoisotopic (exact) mass is 228 g/mol. The Hall–Kier alpha value is -0.670. The van der Waals surface area contributed by atoms with Gasteiger partial charge in [0.05, 0.1) is 0 Å². The molecule has 3 nitrogen and oxygen atoms in total. The smallest absolute Gasteiger partial charge is 0.155 e. The van der Waals surface area contributed by atoms with Gasteiger partial charge in [-0.1, -0.05) is 5.57 Å². The minimum atomic E-state index is 0.210. The number of ketones is 1. The van der Waals surface area contributed by atoms with E-state index >= 15 is 0 Å². The number of hydrogen-bond donors (Lipinski definition) is 0. The van der Waals surface area contributed by atoms with Crippen LogP contribution in [0.4, 0.5) is 0 Å². The van der Waals surface area contributed by atoms with Crippen molar-refractivity contribution < 1.29 is 14.3 Å². The summed E-state index contributed by atoms with van der Waals surface area (Å²) >= 11 is 0. The van der Waals surface area contributed by atoms with Gasteiger partial charge >= 0.3 is 0 Å². The Morgan fingerprint density at radius 2 is 1.62 bits per heavy atom. The quantitative estimate of drug-likeness (QED) is 0.426. The molecule has 0 aromatic rings. The normalized spacial score (nSPS) is 11.8. The third-order valence-electron chi connectivity index (χ3n) is 2.35. The lowest BCUT2D eigenvalue weighted by Crippen LogP contribution is -1.98. The highest BCUT2D eigenvalue weighted by molar-refractivity contribution is 5.90. The van der Waals surface area contributed by atoms with Crippen LogP contribution in [0.3, 0.4) is 0 Å². The van der Waals surface area contributed by atoms with Crippen LogP contribution in [-0.2, 0) is 14.3 Å². The first-order valence-electron chi connectivity index (χ1n) is 5.88. The molecule has 0 amide bonds. The van der Waals surface area contributed by atoms with Gasteiger partial charge in [-0.05, 0) is 38.7 Å². The molecule has 0 aliphatic rings. The fourth-order valence-corrected chi connectivity index (χ4v) is 1.46. The number of hydrogen-bond acceptors (Lipinski definition) is 3. The van der Waals surface area contributed by atoms with Crippen LogP contribution in [0.15, 0.2) is 11.6 Å². The zero-order chi connectivity index (χ0) is 12.2. The molecule has 94 valence electrons. The van der Waals surface area contributed by atoms with Crippen molar-refractivity contribution in [2.45, 2.75) is 39.0 Å². The molecule has 0 N–H and O–H groups in total. The number of unbranched alkanes of at least 4 members (excludes halogenated alkanes) is 1. The molecule has 0 spiro atoms. The summed E-state index contributed by atoms with van der Waals surface area (Å²) in [5.74, 6) is 0.210. The van der Waals surface area contributed by atoms with E-state index in [-0.39, 0.29) is 5.78 Å². The van der Waals surface area contributed by atoms with Crippen molar-refractivity contribution >= 4 is 5.78 Å². The van der Waals surface area contributed by atoms with Crippen molar-refractivity contribution in [3.63, 3.8) is 0 Å². The molecular weight excluding hydrogens is 204 g/mol. The Morgan fingerprint density at radius 1 is 1.00 bits per heavy atom. The summed E-state index contributed by atoms with van der Waals surface area (Å²) < 4.78 is 9.87. The average Bonchev–Trinajstić information content (AvgIpc) is 2.25. The molecule has 0 atom stereocenters. The van der Waals surface area contributed by atoms with E-state index in [9.17, 15) is 4.79 Å². The Bertz CT molecular complexity index is 209. The molecule has 0 heterocycles. The van der Waals surface area contributed by atoms with Crippen molar-refractivity contribution in [2.24, 2.45) is 0 Å².